The van der Waals surface area contributed by atoms with Crippen molar-refractivity contribution in [3.05, 3.63) is 95.1 Å². The monoisotopic (exact) mass is 456 g/mol. The fourth-order valence-corrected chi connectivity index (χ4v) is 6.84. The zero-order chi connectivity index (χ0) is 22.6. The van der Waals surface area contributed by atoms with Gasteiger partial charge in [0.25, 0.3) is 0 Å². The van der Waals surface area contributed by atoms with E-state index in [2.05, 4.69) is 72.2 Å². The number of nitrogens with one attached hydrogen (secondary N) is 2. The van der Waals surface area contributed by atoms with E-state index in [0.717, 1.165) is 30.6 Å². The normalized spacial score (nSPS) is 30.0. The number of rotatable bonds is 2. The van der Waals surface area contributed by atoms with Gasteiger partial charge in [-0.3, -0.25) is 0 Å². The molecule has 33 heavy (non-hydrogen) atoms. The van der Waals surface area contributed by atoms with Gasteiger partial charge in [0.15, 0.2) is 10.8 Å². The van der Waals surface area contributed by atoms with E-state index in [4.69, 9.17) is 17.0 Å². The third kappa shape index (κ3) is 3.21. The fourth-order valence-electron chi connectivity index (χ4n) is 6.56. The minimum Gasteiger partial charge on any atom is -0.508 e. The summed E-state index contributed by atoms with van der Waals surface area (Å²) in [5, 5.41) is 18.3. The van der Waals surface area contributed by atoms with E-state index in [9.17, 15) is 5.11 Å². The van der Waals surface area contributed by atoms with Gasteiger partial charge in [-0.1, -0.05) is 67.1 Å². The van der Waals surface area contributed by atoms with Crippen LogP contribution in [-0.4, -0.2) is 15.9 Å². The van der Waals surface area contributed by atoms with Crippen LogP contribution in [0.2, 0.25) is 0 Å². The molecule has 6 rings (SSSR count). The standard InChI is InChI=1S/C28H28N2O2S/c1-17-15-20(31)16-23-24(17)25(18-9-4-2-5-10-18)21-13-8-14-22-26(19-11-6-3-7-12-19)29-27(33)30-28(21,22)32-23/h2-7,9-12,15-16,21-22,25-26,31H,8,13-14H2,1H3,(H2,29,30,33)/t21-,22+,25-,26-,28-/m1/s1. The molecule has 3 N–H and O–H groups in total. The average molecular weight is 457 g/mol. The Kier molecular flexibility index (Phi) is 4.84. The summed E-state index contributed by atoms with van der Waals surface area (Å²) in [7, 11) is 0. The van der Waals surface area contributed by atoms with Gasteiger partial charge in [-0.2, -0.15) is 0 Å². The first kappa shape index (κ1) is 20.5. The highest BCUT2D eigenvalue weighted by atomic mass is 32.1. The molecule has 1 spiro atoms. The molecule has 0 unspecified atom stereocenters. The molecular weight excluding hydrogens is 428 g/mol. The van der Waals surface area contributed by atoms with Gasteiger partial charge in [0.05, 0.1) is 6.04 Å². The molecule has 3 aromatic carbocycles. The molecule has 0 bridgehead atoms. The van der Waals surface area contributed by atoms with Gasteiger partial charge >= 0.3 is 0 Å². The molecule has 0 amide bonds. The number of aromatic hydroxyl groups is 1. The van der Waals surface area contributed by atoms with Crippen molar-refractivity contribution in [2.45, 2.75) is 43.9 Å². The molecule has 0 aromatic heterocycles. The molecule has 2 aliphatic heterocycles. The van der Waals surface area contributed by atoms with Crippen LogP contribution in [0.15, 0.2) is 72.8 Å². The van der Waals surface area contributed by atoms with Crippen molar-refractivity contribution in [1.82, 2.24) is 10.6 Å². The fraction of sp³-hybridized carbons (Fsp3) is 0.321. The summed E-state index contributed by atoms with van der Waals surface area (Å²) in [5.74, 6) is 1.54. The lowest BCUT2D eigenvalue weighted by molar-refractivity contribution is -0.121. The molecule has 0 radical (unpaired) electrons. The lowest BCUT2D eigenvalue weighted by Gasteiger charge is -2.59. The first-order valence-electron chi connectivity index (χ1n) is 11.8. The SMILES string of the molecule is Cc1cc(O)cc2c1[C@H](c1ccccc1)[C@H]1CCC[C@H]3[C@@H](c4ccccc4)NC(=S)N[C@@]13O2. The Morgan fingerprint density at radius 3 is 2.33 bits per heavy atom. The predicted molar refractivity (Wildman–Crippen MR) is 133 cm³/mol. The van der Waals surface area contributed by atoms with Crippen LogP contribution in [0.4, 0.5) is 0 Å². The second-order valence-corrected chi connectivity index (χ2v) is 10.00. The van der Waals surface area contributed by atoms with E-state index in [1.54, 1.807) is 6.07 Å². The number of benzene rings is 3. The van der Waals surface area contributed by atoms with E-state index in [1.807, 2.05) is 12.1 Å². The number of aryl methyl sites for hydroxylation is 1. The van der Waals surface area contributed by atoms with Gasteiger partial charge in [-0.15, -0.1) is 0 Å². The quantitative estimate of drug-likeness (QED) is 0.441. The van der Waals surface area contributed by atoms with Crippen LogP contribution in [0, 0.1) is 18.8 Å². The predicted octanol–water partition coefficient (Wildman–Crippen LogP) is 5.56. The number of hydrogen-bond donors (Lipinski definition) is 3. The number of phenolic OH excluding ortho intramolecular Hbond substituents is 1. The van der Waals surface area contributed by atoms with E-state index in [-0.39, 0.29) is 29.5 Å². The number of hydrogen-bond acceptors (Lipinski definition) is 3. The highest BCUT2D eigenvalue weighted by Crippen LogP contribution is 2.58. The van der Waals surface area contributed by atoms with Gasteiger partial charge in [-0.05, 0) is 54.7 Å². The van der Waals surface area contributed by atoms with Crippen LogP contribution in [0.25, 0.3) is 0 Å². The van der Waals surface area contributed by atoms with Crippen LogP contribution in [0.5, 0.6) is 11.5 Å². The minimum atomic E-state index is -0.644. The molecule has 1 saturated heterocycles. The summed E-state index contributed by atoms with van der Waals surface area (Å²) >= 11 is 5.77. The van der Waals surface area contributed by atoms with Crippen molar-refractivity contribution >= 4 is 17.3 Å². The highest BCUT2D eigenvalue weighted by molar-refractivity contribution is 7.80. The zero-order valence-corrected chi connectivity index (χ0v) is 19.4. The molecule has 5 heteroatoms. The Labute approximate surface area is 200 Å². The number of ether oxygens (including phenoxy) is 1. The van der Waals surface area contributed by atoms with Gasteiger partial charge in [0.1, 0.15) is 11.5 Å². The summed E-state index contributed by atoms with van der Waals surface area (Å²) in [6, 6.07) is 25.0. The van der Waals surface area contributed by atoms with Crippen molar-refractivity contribution in [2.24, 2.45) is 11.8 Å². The second kappa shape index (κ2) is 7.77. The van der Waals surface area contributed by atoms with Gasteiger partial charge in [0.2, 0.25) is 0 Å². The molecule has 168 valence electrons. The molecule has 3 aliphatic rings. The van der Waals surface area contributed by atoms with E-state index in [0.29, 0.717) is 5.11 Å². The first-order valence-corrected chi connectivity index (χ1v) is 12.2. The van der Waals surface area contributed by atoms with Gasteiger partial charge in [-0.25, -0.2) is 0 Å². The Morgan fingerprint density at radius 1 is 0.939 bits per heavy atom. The Morgan fingerprint density at radius 2 is 1.61 bits per heavy atom. The van der Waals surface area contributed by atoms with Crippen molar-refractivity contribution in [1.29, 1.82) is 0 Å². The van der Waals surface area contributed by atoms with Crippen molar-refractivity contribution in [2.75, 3.05) is 0 Å². The molecule has 2 fully saturated rings. The van der Waals surface area contributed by atoms with Crippen molar-refractivity contribution in [3.8, 4) is 11.5 Å². The third-order valence-electron chi connectivity index (χ3n) is 7.77. The second-order valence-electron chi connectivity index (χ2n) is 9.59. The molecule has 1 saturated carbocycles. The van der Waals surface area contributed by atoms with Crippen LogP contribution in [0.1, 0.15) is 53.5 Å². The van der Waals surface area contributed by atoms with E-state index < -0.39 is 5.72 Å². The maximum absolute atomic E-state index is 10.5. The Bertz CT molecular complexity index is 1200. The van der Waals surface area contributed by atoms with Gasteiger partial charge in [0, 0.05) is 29.4 Å². The topological polar surface area (TPSA) is 53.5 Å². The minimum absolute atomic E-state index is 0.0686. The number of fused-ring (bicyclic) bond motifs is 1. The summed E-state index contributed by atoms with van der Waals surface area (Å²) in [5.41, 5.74) is 4.10. The summed E-state index contributed by atoms with van der Waals surface area (Å²) in [6.07, 6.45) is 3.22. The molecule has 5 atom stereocenters. The van der Waals surface area contributed by atoms with E-state index in [1.165, 1.54) is 16.7 Å². The lowest BCUT2D eigenvalue weighted by atomic mass is 9.60. The largest absolute Gasteiger partial charge is 0.508 e. The van der Waals surface area contributed by atoms with Crippen LogP contribution in [-0.2, 0) is 0 Å². The van der Waals surface area contributed by atoms with E-state index >= 15 is 0 Å². The summed E-state index contributed by atoms with van der Waals surface area (Å²) < 4.78 is 6.96. The van der Waals surface area contributed by atoms with Crippen LogP contribution in [0.3, 0.4) is 0 Å². The Balaban J connectivity index is 1.56. The molecular formula is C28H28N2O2S. The smallest absolute Gasteiger partial charge is 0.191 e. The molecule has 2 heterocycles. The molecule has 3 aromatic rings. The zero-order valence-electron chi connectivity index (χ0n) is 18.6. The van der Waals surface area contributed by atoms with Crippen LogP contribution < -0.4 is 15.4 Å². The first-order chi connectivity index (χ1) is 16.1. The summed E-state index contributed by atoms with van der Waals surface area (Å²) in [4.78, 5) is 0. The number of phenols is 1. The van der Waals surface area contributed by atoms with Crippen molar-refractivity contribution in [3.63, 3.8) is 0 Å². The number of thiocarbonyl (C=S) groups is 1. The average Bonchev–Trinajstić information content (AvgIpc) is 2.82. The maximum Gasteiger partial charge on any atom is 0.191 e. The van der Waals surface area contributed by atoms with Crippen molar-refractivity contribution < 1.29 is 9.84 Å². The van der Waals surface area contributed by atoms with Gasteiger partial charge < -0.3 is 20.5 Å². The maximum atomic E-state index is 10.5. The van der Waals surface area contributed by atoms with Crippen LogP contribution >= 0.6 is 12.2 Å². The molecule has 1 aliphatic carbocycles. The third-order valence-corrected chi connectivity index (χ3v) is 7.99. The molecule has 4 nitrogen and oxygen atoms in total. The lowest BCUT2D eigenvalue weighted by Crippen LogP contribution is -2.73. The summed E-state index contributed by atoms with van der Waals surface area (Å²) in [6.45, 7) is 2.07. The highest BCUT2D eigenvalue weighted by Gasteiger charge is 2.61. The Hall–Kier alpha value is -3.05.